The molecule has 168 valence electrons. The molecule has 1 aliphatic carbocycles. The Morgan fingerprint density at radius 1 is 0.966 bits per heavy atom. The summed E-state index contributed by atoms with van der Waals surface area (Å²) in [5, 5.41) is 0.219. The van der Waals surface area contributed by atoms with E-state index in [2.05, 4.69) is 74.3 Å². The third kappa shape index (κ3) is 5.51. The van der Waals surface area contributed by atoms with Crippen LogP contribution in [0.3, 0.4) is 0 Å². The Labute approximate surface area is 181 Å². The summed E-state index contributed by atoms with van der Waals surface area (Å²) < 4.78 is 19.6. The maximum Gasteiger partial charge on any atom is 0.192 e. The van der Waals surface area contributed by atoms with E-state index in [4.69, 9.17) is 13.6 Å². The fourth-order valence-electron chi connectivity index (χ4n) is 3.53. The van der Waals surface area contributed by atoms with Crippen molar-refractivity contribution in [3.05, 3.63) is 12.2 Å². The van der Waals surface area contributed by atoms with E-state index < -0.39 is 16.6 Å². The van der Waals surface area contributed by atoms with Crippen molar-refractivity contribution in [1.82, 2.24) is 0 Å². The molecule has 4 nitrogen and oxygen atoms in total. The zero-order valence-electron chi connectivity index (χ0n) is 20.6. The molecule has 2 fully saturated rings. The summed E-state index contributed by atoms with van der Waals surface area (Å²) in [6, 6.07) is 0. The lowest BCUT2D eigenvalue weighted by Gasteiger charge is -2.44. The standard InChI is InChI=1S/C23H44O4Si2/c1-15(2)13-17(24)16-14-18(26-28(9,10)22(3,4)5)20-21(25-20)19(16)27-29(11,12)23(6,7)8/h16,18-21H,1,13-14H2,2-12H3/t16-,18-,19-,20-,21+/m0/s1. The second-order valence-electron chi connectivity index (χ2n) is 12.3. The number of epoxide rings is 1. The maximum atomic E-state index is 13.2. The highest BCUT2D eigenvalue weighted by Crippen LogP contribution is 2.49. The molecule has 2 aliphatic rings. The summed E-state index contributed by atoms with van der Waals surface area (Å²) in [6.45, 7) is 28.4. The van der Waals surface area contributed by atoms with Gasteiger partial charge in [0.05, 0.1) is 12.2 Å². The Morgan fingerprint density at radius 3 is 1.90 bits per heavy atom. The molecule has 1 heterocycles. The molecular weight excluding hydrogens is 396 g/mol. The summed E-state index contributed by atoms with van der Waals surface area (Å²) in [7, 11) is -3.96. The van der Waals surface area contributed by atoms with Gasteiger partial charge in [-0.15, -0.1) is 0 Å². The van der Waals surface area contributed by atoms with Crippen LogP contribution in [0.1, 0.15) is 61.3 Å². The lowest BCUT2D eigenvalue weighted by Crippen LogP contribution is -2.54. The number of carbonyl (C=O) groups excluding carboxylic acids is 1. The van der Waals surface area contributed by atoms with E-state index in [1.165, 1.54) is 0 Å². The number of fused-ring (bicyclic) bond motifs is 1. The highest BCUT2D eigenvalue weighted by molar-refractivity contribution is 6.74. The molecule has 0 aromatic carbocycles. The first kappa shape index (κ1) is 25.0. The first-order valence-electron chi connectivity index (χ1n) is 11.1. The van der Waals surface area contributed by atoms with Crippen molar-refractivity contribution in [1.29, 1.82) is 0 Å². The quantitative estimate of drug-likeness (QED) is 0.273. The number of hydrogen-bond donors (Lipinski definition) is 0. The van der Waals surface area contributed by atoms with Gasteiger partial charge in [0.25, 0.3) is 0 Å². The maximum absolute atomic E-state index is 13.2. The molecule has 0 aromatic rings. The number of allylic oxidation sites excluding steroid dienone is 1. The van der Waals surface area contributed by atoms with Crippen LogP contribution in [0.5, 0.6) is 0 Å². The van der Waals surface area contributed by atoms with Gasteiger partial charge >= 0.3 is 0 Å². The number of Topliss-reactive ketones (excluding diaryl/α,β-unsaturated/α-hetero) is 1. The molecule has 29 heavy (non-hydrogen) atoms. The molecule has 0 amide bonds. The van der Waals surface area contributed by atoms with Gasteiger partial charge in [-0.1, -0.05) is 53.7 Å². The summed E-state index contributed by atoms with van der Waals surface area (Å²) >= 11 is 0. The number of carbonyl (C=O) groups is 1. The van der Waals surface area contributed by atoms with Gasteiger partial charge in [0.2, 0.25) is 0 Å². The first-order chi connectivity index (χ1) is 12.9. The van der Waals surface area contributed by atoms with E-state index in [1.807, 2.05) is 6.92 Å². The normalized spacial score (nSPS) is 30.7. The monoisotopic (exact) mass is 440 g/mol. The van der Waals surface area contributed by atoms with E-state index in [-0.39, 0.29) is 46.2 Å². The van der Waals surface area contributed by atoms with Crippen molar-refractivity contribution in [3.8, 4) is 0 Å². The van der Waals surface area contributed by atoms with Crippen LogP contribution < -0.4 is 0 Å². The number of rotatable bonds is 7. The Hall–Kier alpha value is -0.276. The molecule has 0 N–H and O–H groups in total. The first-order valence-corrected chi connectivity index (χ1v) is 16.9. The SMILES string of the molecule is C=C(C)CC(=O)[C@@H]1C[C@H](O[Si](C)(C)C(C)(C)C)[C@@H]2O[C@@H]2[C@H]1O[Si](C)(C)C(C)(C)C. The van der Waals surface area contributed by atoms with Crippen LogP contribution in [0.15, 0.2) is 12.2 Å². The van der Waals surface area contributed by atoms with E-state index >= 15 is 0 Å². The van der Waals surface area contributed by atoms with Crippen LogP contribution >= 0.6 is 0 Å². The van der Waals surface area contributed by atoms with Crippen LogP contribution in [0, 0.1) is 5.92 Å². The minimum Gasteiger partial charge on any atom is -0.411 e. The molecule has 0 radical (unpaired) electrons. The molecule has 1 aliphatic heterocycles. The van der Waals surface area contributed by atoms with E-state index in [9.17, 15) is 4.79 Å². The molecule has 6 heteroatoms. The number of hydrogen-bond acceptors (Lipinski definition) is 4. The van der Waals surface area contributed by atoms with Crippen molar-refractivity contribution in [3.63, 3.8) is 0 Å². The number of ether oxygens (including phenoxy) is 1. The van der Waals surface area contributed by atoms with Gasteiger partial charge in [-0.2, -0.15) is 0 Å². The molecule has 0 aromatic heterocycles. The second kappa shape index (κ2) is 8.01. The molecule has 1 saturated heterocycles. The predicted octanol–water partition coefficient (Wildman–Crippen LogP) is 6.09. The smallest absolute Gasteiger partial charge is 0.192 e. The van der Waals surface area contributed by atoms with Gasteiger partial charge in [-0.3, -0.25) is 4.79 Å². The average molecular weight is 441 g/mol. The van der Waals surface area contributed by atoms with Crippen molar-refractivity contribution in [2.75, 3.05) is 0 Å². The molecule has 1 saturated carbocycles. The fraction of sp³-hybridized carbons (Fsp3) is 0.870. The fourth-order valence-corrected chi connectivity index (χ4v) is 6.20. The van der Waals surface area contributed by atoms with Crippen molar-refractivity contribution < 1.29 is 18.4 Å². The Kier molecular flexibility index (Phi) is 6.90. The zero-order chi connectivity index (χ0) is 22.6. The van der Waals surface area contributed by atoms with Crippen LogP contribution in [0.4, 0.5) is 0 Å². The molecule has 5 atom stereocenters. The minimum atomic E-state index is -2.02. The molecule has 0 spiro atoms. The van der Waals surface area contributed by atoms with Crippen LogP contribution in [0.2, 0.25) is 36.3 Å². The van der Waals surface area contributed by atoms with Crippen molar-refractivity contribution in [2.45, 2.75) is 122 Å². The lowest BCUT2D eigenvalue weighted by molar-refractivity contribution is -0.127. The van der Waals surface area contributed by atoms with Crippen molar-refractivity contribution >= 4 is 22.4 Å². The zero-order valence-corrected chi connectivity index (χ0v) is 22.6. The third-order valence-corrected chi connectivity index (χ3v) is 16.5. The lowest BCUT2D eigenvalue weighted by atomic mass is 9.80. The third-order valence-electron chi connectivity index (χ3n) is 7.51. The highest BCUT2D eigenvalue weighted by Gasteiger charge is 2.61. The van der Waals surface area contributed by atoms with Crippen LogP contribution in [-0.4, -0.2) is 46.8 Å². The molecule has 0 unspecified atom stereocenters. The Balaban J connectivity index is 2.27. The van der Waals surface area contributed by atoms with Gasteiger partial charge in [0.15, 0.2) is 16.6 Å². The largest absolute Gasteiger partial charge is 0.411 e. The van der Waals surface area contributed by atoms with Crippen LogP contribution in [-0.2, 0) is 18.4 Å². The summed E-state index contributed by atoms with van der Waals surface area (Å²) in [6.07, 6.45) is 0.969. The Bertz CT molecular complexity index is 642. The summed E-state index contributed by atoms with van der Waals surface area (Å²) in [5.41, 5.74) is 0.904. The average Bonchev–Trinajstić information content (AvgIpc) is 3.26. The van der Waals surface area contributed by atoms with Crippen molar-refractivity contribution in [2.24, 2.45) is 5.92 Å². The highest BCUT2D eigenvalue weighted by atomic mass is 28.4. The topological polar surface area (TPSA) is 48.1 Å². The molecule has 2 rings (SSSR count). The number of ketones is 1. The van der Waals surface area contributed by atoms with E-state index in [0.717, 1.165) is 5.57 Å². The molecule has 0 bridgehead atoms. The van der Waals surface area contributed by atoms with Gasteiger partial charge in [0.1, 0.15) is 18.0 Å². The van der Waals surface area contributed by atoms with Gasteiger partial charge in [-0.25, -0.2) is 0 Å². The van der Waals surface area contributed by atoms with E-state index in [1.54, 1.807) is 0 Å². The molecular formula is C23H44O4Si2. The summed E-state index contributed by atoms with van der Waals surface area (Å²) in [5.74, 6) is 0.0401. The minimum absolute atomic E-state index is 0.0146. The van der Waals surface area contributed by atoms with Gasteiger partial charge in [-0.05, 0) is 49.6 Å². The van der Waals surface area contributed by atoms with Gasteiger partial charge in [0, 0.05) is 12.3 Å². The Morgan fingerprint density at radius 2 is 1.45 bits per heavy atom. The predicted molar refractivity (Wildman–Crippen MR) is 125 cm³/mol. The van der Waals surface area contributed by atoms with E-state index in [0.29, 0.717) is 12.8 Å². The van der Waals surface area contributed by atoms with Crippen LogP contribution in [0.25, 0.3) is 0 Å². The summed E-state index contributed by atoms with van der Waals surface area (Å²) in [4.78, 5) is 13.2. The van der Waals surface area contributed by atoms with Gasteiger partial charge < -0.3 is 13.6 Å². The second-order valence-corrected chi connectivity index (χ2v) is 21.8.